The van der Waals surface area contributed by atoms with Crippen LogP contribution in [0.3, 0.4) is 0 Å². The van der Waals surface area contributed by atoms with Gasteiger partial charge in [-0.1, -0.05) is 18.2 Å². The first-order valence-electron chi connectivity index (χ1n) is 9.59. The predicted molar refractivity (Wildman–Crippen MR) is 116 cm³/mol. The summed E-state index contributed by atoms with van der Waals surface area (Å²) in [5.41, 5.74) is 2.12. The summed E-state index contributed by atoms with van der Waals surface area (Å²) in [6.07, 6.45) is 0.743. The Morgan fingerprint density at radius 3 is 2.34 bits per heavy atom. The first kappa shape index (κ1) is 22.2. The fraction of sp³-hybridized carbons (Fsp3) is 0.409. The minimum Gasteiger partial charge on any atom is -0.497 e. The lowest BCUT2D eigenvalue weighted by Gasteiger charge is -2.16. The van der Waals surface area contributed by atoms with Crippen molar-refractivity contribution in [2.24, 2.45) is 4.99 Å². The highest BCUT2D eigenvalue weighted by Crippen LogP contribution is 2.39. The van der Waals surface area contributed by atoms with E-state index in [2.05, 4.69) is 15.6 Å². The number of benzene rings is 2. The molecule has 7 heteroatoms. The van der Waals surface area contributed by atoms with Gasteiger partial charge in [-0.3, -0.25) is 0 Å². The van der Waals surface area contributed by atoms with Crippen LogP contribution in [0.1, 0.15) is 18.1 Å². The number of ether oxygens (including phenoxy) is 4. The standard InChI is InChI=1S/C22H31N3O4/c1-6-23-22(25-15-16-8-7-9-18(14-16)26-2)24-13-12-17-10-11-19(27-3)21(29-5)20(17)28-4/h7-11,14H,6,12-13,15H2,1-5H3,(H2,23,24,25). The van der Waals surface area contributed by atoms with Crippen LogP contribution in [0, 0.1) is 0 Å². The molecule has 0 heterocycles. The SMILES string of the molecule is CCNC(=NCc1cccc(OC)c1)NCCc1ccc(OC)c(OC)c1OC. The molecular formula is C22H31N3O4. The first-order chi connectivity index (χ1) is 14.2. The van der Waals surface area contributed by atoms with Gasteiger partial charge in [0.25, 0.3) is 0 Å². The van der Waals surface area contributed by atoms with E-state index in [0.717, 1.165) is 35.8 Å². The van der Waals surface area contributed by atoms with Gasteiger partial charge in [0.15, 0.2) is 17.5 Å². The summed E-state index contributed by atoms with van der Waals surface area (Å²) in [5.74, 6) is 3.53. The van der Waals surface area contributed by atoms with Gasteiger partial charge < -0.3 is 29.6 Å². The van der Waals surface area contributed by atoms with E-state index in [1.807, 2.05) is 43.3 Å². The highest BCUT2D eigenvalue weighted by molar-refractivity contribution is 5.79. The van der Waals surface area contributed by atoms with Gasteiger partial charge in [0.2, 0.25) is 5.75 Å². The molecule has 2 N–H and O–H groups in total. The lowest BCUT2D eigenvalue weighted by molar-refractivity contribution is 0.322. The molecular weight excluding hydrogens is 370 g/mol. The van der Waals surface area contributed by atoms with Crippen LogP contribution in [0.25, 0.3) is 0 Å². The quantitative estimate of drug-likeness (QED) is 0.471. The number of nitrogens with zero attached hydrogens (tertiary/aromatic N) is 1. The van der Waals surface area contributed by atoms with Crippen molar-refractivity contribution < 1.29 is 18.9 Å². The molecule has 0 aliphatic heterocycles. The van der Waals surface area contributed by atoms with Crippen molar-refractivity contribution in [2.75, 3.05) is 41.5 Å². The van der Waals surface area contributed by atoms with Crippen molar-refractivity contribution in [1.29, 1.82) is 0 Å². The van der Waals surface area contributed by atoms with Crippen LogP contribution in [0.2, 0.25) is 0 Å². The van der Waals surface area contributed by atoms with Gasteiger partial charge in [0.1, 0.15) is 5.75 Å². The Labute approximate surface area is 173 Å². The molecule has 0 aliphatic rings. The molecule has 29 heavy (non-hydrogen) atoms. The zero-order valence-electron chi connectivity index (χ0n) is 17.9. The van der Waals surface area contributed by atoms with Crippen molar-refractivity contribution >= 4 is 5.96 Å². The van der Waals surface area contributed by atoms with E-state index in [1.165, 1.54) is 0 Å². The third kappa shape index (κ3) is 6.20. The lowest BCUT2D eigenvalue weighted by Crippen LogP contribution is -2.38. The molecule has 0 atom stereocenters. The van der Waals surface area contributed by atoms with Crippen LogP contribution in [0.15, 0.2) is 41.4 Å². The molecule has 7 nitrogen and oxygen atoms in total. The average Bonchev–Trinajstić information content (AvgIpc) is 2.76. The van der Waals surface area contributed by atoms with Gasteiger partial charge in [-0.25, -0.2) is 4.99 Å². The molecule has 0 saturated carbocycles. The summed E-state index contributed by atoms with van der Waals surface area (Å²) in [6.45, 7) is 4.08. The monoisotopic (exact) mass is 401 g/mol. The van der Waals surface area contributed by atoms with E-state index in [4.69, 9.17) is 18.9 Å². The van der Waals surface area contributed by atoms with Crippen molar-refractivity contribution in [3.05, 3.63) is 47.5 Å². The normalized spacial score (nSPS) is 11.0. The highest BCUT2D eigenvalue weighted by atomic mass is 16.5. The first-order valence-corrected chi connectivity index (χ1v) is 9.59. The number of methoxy groups -OCH3 is 4. The summed E-state index contributed by atoms with van der Waals surface area (Å²) in [4.78, 5) is 4.66. The molecule has 2 aromatic rings. The van der Waals surface area contributed by atoms with Crippen LogP contribution in [0.5, 0.6) is 23.0 Å². The van der Waals surface area contributed by atoms with Gasteiger partial charge in [-0.2, -0.15) is 0 Å². The summed E-state index contributed by atoms with van der Waals surface area (Å²) in [7, 11) is 6.52. The zero-order chi connectivity index (χ0) is 21.1. The predicted octanol–water partition coefficient (Wildman–Crippen LogP) is 3.02. The molecule has 0 saturated heterocycles. The van der Waals surface area contributed by atoms with Crippen molar-refractivity contribution in [3.63, 3.8) is 0 Å². The third-order valence-electron chi connectivity index (χ3n) is 4.37. The van der Waals surface area contributed by atoms with Gasteiger partial charge in [-0.05, 0) is 37.1 Å². The molecule has 0 aromatic heterocycles. The average molecular weight is 402 g/mol. The Morgan fingerprint density at radius 2 is 1.69 bits per heavy atom. The second-order valence-corrected chi connectivity index (χ2v) is 6.22. The summed E-state index contributed by atoms with van der Waals surface area (Å²) in [6, 6.07) is 11.8. The van der Waals surface area contributed by atoms with Crippen molar-refractivity contribution in [1.82, 2.24) is 10.6 Å². The molecule has 0 amide bonds. The number of aliphatic imine (C=N–C) groups is 1. The number of guanidine groups is 1. The maximum absolute atomic E-state index is 5.55. The molecule has 0 aliphatic carbocycles. The lowest BCUT2D eigenvalue weighted by atomic mass is 10.1. The van der Waals surface area contributed by atoms with Crippen LogP contribution in [0.4, 0.5) is 0 Å². The maximum atomic E-state index is 5.55. The van der Waals surface area contributed by atoms with E-state index < -0.39 is 0 Å². The van der Waals surface area contributed by atoms with E-state index in [9.17, 15) is 0 Å². The zero-order valence-corrected chi connectivity index (χ0v) is 17.9. The maximum Gasteiger partial charge on any atom is 0.203 e. The van der Waals surface area contributed by atoms with Crippen molar-refractivity contribution in [2.45, 2.75) is 19.9 Å². The van der Waals surface area contributed by atoms with Gasteiger partial charge in [0, 0.05) is 18.7 Å². The highest BCUT2D eigenvalue weighted by Gasteiger charge is 2.15. The summed E-state index contributed by atoms with van der Waals surface area (Å²) >= 11 is 0. The molecule has 2 aromatic carbocycles. The topological polar surface area (TPSA) is 73.3 Å². The number of hydrogen-bond acceptors (Lipinski definition) is 5. The Kier molecular flexibility index (Phi) is 8.95. The van der Waals surface area contributed by atoms with Crippen LogP contribution >= 0.6 is 0 Å². The molecule has 0 spiro atoms. The summed E-state index contributed by atoms with van der Waals surface area (Å²) in [5, 5.41) is 6.63. The molecule has 0 fully saturated rings. The second-order valence-electron chi connectivity index (χ2n) is 6.22. The smallest absolute Gasteiger partial charge is 0.203 e. The van der Waals surface area contributed by atoms with Crippen LogP contribution in [-0.4, -0.2) is 47.5 Å². The second kappa shape index (κ2) is 11.7. The van der Waals surface area contributed by atoms with E-state index in [1.54, 1.807) is 28.4 Å². The fourth-order valence-electron chi connectivity index (χ4n) is 2.96. The Morgan fingerprint density at radius 1 is 0.897 bits per heavy atom. The molecule has 2 rings (SSSR count). The van der Waals surface area contributed by atoms with Gasteiger partial charge >= 0.3 is 0 Å². The number of hydrogen-bond donors (Lipinski definition) is 2. The fourth-order valence-corrected chi connectivity index (χ4v) is 2.96. The Balaban J connectivity index is 2.03. The van der Waals surface area contributed by atoms with E-state index in [0.29, 0.717) is 30.3 Å². The molecule has 158 valence electrons. The summed E-state index contributed by atoms with van der Waals surface area (Å²) < 4.78 is 21.6. The van der Waals surface area contributed by atoms with Crippen LogP contribution in [-0.2, 0) is 13.0 Å². The number of rotatable bonds is 10. The largest absolute Gasteiger partial charge is 0.497 e. The van der Waals surface area contributed by atoms with Gasteiger partial charge in [0.05, 0.1) is 35.0 Å². The molecule has 0 unspecified atom stereocenters. The Bertz CT molecular complexity index is 809. The minimum absolute atomic E-state index is 0.562. The van der Waals surface area contributed by atoms with E-state index in [-0.39, 0.29) is 0 Å². The van der Waals surface area contributed by atoms with Crippen LogP contribution < -0.4 is 29.6 Å². The van der Waals surface area contributed by atoms with Crippen molar-refractivity contribution in [3.8, 4) is 23.0 Å². The van der Waals surface area contributed by atoms with E-state index >= 15 is 0 Å². The number of nitrogens with one attached hydrogen (secondary N) is 2. The molecule has 0 radical (unpaired) electrons. The minimum atomic E-state index is 0.562. The van der Waals surface area contributed by atoms with Gasteiger partial charge in [-0.15, -0.1) is 0 Å². The molecule has 0 bridgehead atoms. The third-order valence-corrected chi connectivity index (χ3v) is 4.37. The Hall–Kier alpha value is -3.09.